The Morgan fingerprint density at radius 2 is 1.59 bits per heavy atom. The van der Waals surface area contributed by atoms with Crippen molar-refractivity contribution in [2.45, 2.75) is 50.1 Å². The van der Waals surface area contributed by atoms with E-state index in [1.54, 1.807) is 0 Å². The van der Waals surface area contributed by atoms with Crippen molar-refractivity contribution in [2.24, 2.45) is 0 Å². The van der Waals surface area contributed by atoms with Crippen molar-refractivity contribution in [3.05, 3.63) is 52.5 Å². The van der Waals surface area contributed by atoms with Crippen molar-refractivity contribution in [3.63, 3.8) is 0 Å². The molecule has 32 heavy (non-hydrogen) atoms. The molecule has 0 radical (unpaired) electrons. The fraction of sp³-hybridized carbons (Fsp3) is 0.409. The quantitative estimate of drug-likeness (QED) is 0.321. The zero-order valence-electron chi connectivity index (χ0n) is 16.7. The minimum absolute atomic E-state index is 0.0740. The third-order valence-electron chi connectivity index (χ3n) is 5.41. The van der Waals surface area contributed by atoms with Gasteiger partial charge < -0.3 is 9.47 Å². The number of ether oxygens (including phenoxy) is 2. The molecule has 0 heterocycles. The minimum Gasteiger partial charge on any atom is -0.482 e. The van der Waals surface area contributed by atoms with Crippen LogP contribution in [0.2, 0.25) is 5.02 Å². The summed E-state index contributed by atoms with van der Waals surface area (Å²) in [7, 11) is 0. The summed E-state index contributed by atoms with van der Waals surface area (Å²) in [6.45, 7) is -1.32. The van der Waals surface area contributed by atoms with Gasteiger partial charge in [-0.2, -0.15) is 26.3 Å². The molecule has 1 aliphatic carbocycles. The normalized spacial score (nSPS) is 16.5. The van der Waals surface area contributed by atoms with Crippen molar-refractivity contribution in [1.82, 2.24) is 0 Å². The van der Waals surface area contributed by atoms with E-state index in [2.05, 4.69) is 0 Å². The SMILES string of the molecule is O=COC1(c2cc(Cl)c(OCC(F)(F)F)c(-c3ccc(C(F)(F)F)cc3)c2)CCCCC1. The second kappa shape index (κ2) is 9.21. The first-order valence-electron chi connectivity index (χ1n) is 9.78. The highest BCUT2D eigenvalue weighted by Crippen LogP contribution is 2.46. The maximum Gasteiger partial charge on any atom is 0.422 e. The molecule has 0 aliphatic heterocycles. The van der Waals surface area contributed by atoms with Crippen LogP contribution in [0.15, 0.2) is 36.4 Å². The van der Waals surface area contributed by atoms with E-state index in [1.165, 1.54) is 12.1 Å². The van der Waals surface area contributed by atoms with Gasteiger partial charge in [-0.05, 0) is 61.1 Å². The van der Waals surface area contributed by atoms with E-state index in [1.807, 2.05) is 0 Å². The maximum atomic E-state index is 12.9. The van der Waals surface area contributed by atoms with Crippen LogP contribution in [0.5, 0.6) is 5.75 Å². The molecule has 10 heteroatoms. The Hall–Kier alpha value is -2.42. The van der Waals surface area contributed by atoms with E-state index < -0.39 is 30.1 Å². The summed E-state index contributed by atoms with van der Waals surface area (Å²) in [5.41, 5.74) is -1.23. The van der Waals surface area contributed by atoms with E-state index in [9.17, 15) is 31.1 Å². The molecule has 0 amide bonds. The zero-order valence-corrected chi connectivity index (χ0v) is 17.4. The summed E-state index contributed by atoms with van der Waals surface area (Å²) in [5.74, 6) is -0.315. The van der Waals surface area contributed by atoms with Crippen LogP contribution in [0.3, 0.4) is 0 Å². The Morgan fingerprint density at radius 1 is 0.969 bits per heavy atom. The maximum absolute atomic E-state index is 12.9. The molecule has 2 aromatic carbocycles. The Labute approximate surface area is 185 Å². The molecular formula is C22H19ClF6O3. The first kappa shape index (κ1) is 24.2. The predicted octanol–water partition coefficient (Wildman–Crippen LogP) is 7.30. The van der Waals surface area contributed by atoms with E-state index in [0.717, 1.165) is 43.5 Å². The Balaban J connectivity index is 2.13. The third-order valence-corrected chi connectivity index (χ3v) is 5.69. The molecule has 0 N–H and O–H groups in total. The van der Waals surface area contributed by atoms with Crippen molar-refractivity contribution >= 4 is 18.1 Å². The van der Waals surface area contributed by atoms with E-state index >= 15 is 0 Å². The molecule has 0 bridgehead atoms. The number of carbonyl (C=O) groups excluding carboxylic acids is 1. The monoisotopic (exact) mass is 480 g/mol. The first-order chi connectivity index (χ1) is 15.0. The van der Waals surface area contributed by atoms with Gasteiger partial charge in [0, 0.05) is 5.56 Å². The Kier molecular flexibility index (Phi) is 6.97. The molecule has 0 saturated heterocycles. The molecule has 2 aromatic rings. The number of halogens is 7. The summed E-state index contributed by atoms with van der Waals surface area (Å²) in [5, 5.41) is -0.166. The van der Waals surface area contributed by atoms with Crippen LogP contribution in [0.25, 0.3) is 11.1 Å². The fourth-order valence-corrected chi connectivity index (χ4v) is 4.17. The van der Waals surface area contributed by atoms with Gasteiger partial charge in [-0.1, -0.05) is 30.2 Å². The van der Waals surface area contributed by atoms with Crippen LogP contribution in [-0.2, 0) is 21.3 Å². The predicted molar refractivity (Wildman–Crippen MR) is 105 cm³/mol. The molecule has 1 aliphatic rings. The van der Waals surface area contributed by atoms with Crippen LogP contribution in [-0.4, -0.2) is 19.3 Å². The third kappa shape index (κ3) is 5.49. The molecular weight excluding hydrogens is 462 g/mol. The molecule has 3 nitrogen and oxygen atoms in total. The van der Waals surface area contributed by atoms with Gasteiger partial charge >= 0.3 is 12.4 Å². The van der Waals surface area contributed by atoms with E-state index in [4.69, 9.17) is 21.1 Å². The average Bonchev–Trinajstić information content (AvgIpc) is 2.72. The summed E-state index contributed by atoms with van der Waals surface area (Å²) >= 11 is 6.28. The number of carbonyl (C=O) groups is 1. The summed E-state index contributed by atoms with van der Waals surface area (Å²) in [6, 6.07) is 6.76. The lowest BCUT2D eigenvalue weighted by molar-refractivity contribution is -0.153. The topological polar surface area (TPSA) is 35.5 Å². The van der Waals surface area contributed by atoms with Crippen molar-refractivity contribution < 1.29 is 40.6 Å². The van der Waals surface area contributed by atoms with Gasteiger partial charge in [0.25, 0.3) is 6.47 Å². The second-order valence-corrected chi connectivity index (χ2v) is 7.99. The van der Waals surface area contributed by atoms with Gasteiger partial charge in [0.2, 0.25) is 0 Å². The molecule has 3 rings (SSSR count). The lowest BCUT2D eigenvalue weighted by Gasteiger charge is -2.36. The smallest absolute Gasteiger partial charge is 0.422 e. The van der Waals surface area contributed by atoms with Crippen molar-refractivity contribution in [3.8, 4) is 16.9 Å². The molecule has 0 aromatic heterocycles. The minimum atomic E-state index is -4.65. The highest BCUT2D eigenvalue weighted by Gasteiger charge is 2.38. The molecule has 0 atom stereocenters. The standard InChI is InChI=1S/C22H19ClF6O3/c23-18-11-16(20(32-13-30)8-2-1-3-9-20)10-17(19(18)31-12-21(24,25)26)14-4-6-15(7-5-14)22(27,28)29/h4-7,10-11,13H,1-3,8-9,12H2. The van der Waals surface area contributed by atoms with Crippen LogP contribution >= 0.6 is 11.6 Å². The molecule has 0 unspecified atom stereocenters. The fourth-order valence-electron chi connectivity index (χ4n) is 3.90. The molecule has 1 fully saturated rings. The summed E-state index contributed by atoms with van der Waals surface area (Å²) in [4.78, 5) is 11.2. The van der Waals surface area contributed by atoms with E-state index in [-0.39, 0.29) is 21.9 Å². The van der Waals surface area contributed by atoms with Crippen molar-refractivity contribution in [1.29, 1.82) is 0 Å². The van der Waals surface area contributed by atoms with Gasteiger partial charge in [-0.15, -0.1) is 0 Å². The van der Waals surface area contributed by atoms with Gasteiger partial charge in [0.1, 0.15) is 11.4 Å². The molecule has 1 saturated carbocycles. The number of alkyl halides is 6. The summed E-state index contributed by atoms with van der Waals surface area (Å²) in [6.07, 6.45) is -5.81. The number of hydrogen-bond acceptors (Lipinski definition) is 3. The highest BCUT2D eigenvalue weighted by atomic mass is 35.5. The van der Waals surface area contributed by atoms with Crippen LogP contribution in [0, 0.1) is 0 Å². The lowest BCUT2D eigenvalue weighted by Crippen LogP contribution is -2.32. The van der Waals surface area contributed by atoms with Gasteiger partial charge in [-0.25, -0.2) is 0 Å². The Bertz CT molecular complexity index is 948. The molecule has 174 valence electrons. The van der Waals surface area contributed by atoms with Gasteiger partial charge in [0.05, 0.1) is 10.6 Å². The van der Waals surface area contributed by atoms with Crippen LogP contribution in [0.1, 0.15) is 43.2 Å². The van der Waals surface area contributed by atoms with Gasteiger partial charge in [0.15, 0.2) is 6.61 Å². The van der Waals surface area contributed by atoms with Crippen LogP contribution < -0.4 is 4.74 Å². The number of hydrogen-bond donors (Lipinski definition) is 0. The van der Waals surface area contributed by atoms with E-state index in [0.29, 0.717) is 24.9 Å². The molecule has 0 spiro atoms. The highest BCUT2D eigenvalue weighted by molar-refractivity contribution is 6.32. The first-order valence-corrected chi connectivity index (χ1v) is 10.2. The van der Waals surface area contributed by atoms with Crippen molar-refractivity contribution in [2.75, 3.05) is 6.61 Å². The largest absolute Gasteiger partial charge is 0.482 e. The summed E-state index contributed by atoms with van der Waals surface area (Å²) < 4.78 is 87.5. The second-order valence-electron chi connectivity index (χ2n) is 7.58. The van der Waals surface area contributed by atoms with Crippen LogP contribution in [0.4, 0.5) is 26.3 Å². The Morgan fingerprint density at radius 3 is 2.12 bits per heavy atom. The van der Waals surface area contributed by atoms with Gasteiger partial charge in [-0.3, -0.25) is 4.79 Å². The zero-order chi connectivity index (χ0) is 23.6. The number of benzene rings is 2. The average molecular weight is 481 g/mol. The number of rotatable bonds is 6. The lowest BCUT2D eigenvalue weighted by atomic mass is 9.78.